The number of allylic oxidation sites excluding steroid dienone is 4. The topological polar surface area (TPSA) is 37.2 Å². The molecule has 0 N–H and O–H groups in total. The molecule has 0 saturated heterocycles. The van der Waals surface area contributed by atoms with Gasteiger partial charge < -0.3 is 9.64 Å². The Morgan fingerprint density at radius 2 is 2.15 bits per heavy atom. The number of methoxy groups -OCH3 is 1. The molecule has 1 fully saturated rings. The zero-order valence-electron chi connectivity index (χ0n) is 16.1. The van der Waals surface area contributed by atoms with Crippen LogP contribution < -0.4 is 0 Å². The lowest BCUT2D eigenvalue weighted by molar-refractivity contribution is 0.0330. The highest BCUT2D eigenvalue weighted by Gasteiger charge is 2.46. The van der Waals surface area contributed by atoms with Crippen LogP contribution in [-0.4, -0.2) is 54.3 Å². The van der Waals surface area contributed by atoms with Crippen LogP contribution in [0.4, 0.5) is 0 Å². The van der Waals surface area contributed by atoms with E-state index in [1.54, 1.807) is 0 Å². The van der Waals surface area contributed by atoms with Crippen molar-refractivity contribution in [2.75, 3.05) is 13.7 Å². The number of halogens is 1. The Hall–Kier alpha value is -1.13. The molecule has 0 aromatic rings. The molecule has 4 aliphatic rings. The highest BCUT2D eigenvalue weighted by molar-refractivity contribution is 6.31. The smallest absolute Gasteiger partial charge is 0.0968 e. The van der Waals surface area contributed by atoms with Gasteiger partial charge in [-0.3, -0.25) is 9.98 Å². The number of nitrogens with zero attached hydrogens (tertiary/aromatic N) is 3. The van der Waals surface area contributed by atoms with E-state index in [1.165, 1.54) is 11.5 Å². The first-order chi connectivity index (χ1) is 12.6. The van der Waals surface area contributed by atoms with Gasteiger partial charge in [0.1, 0.15) is 0 Å². The highest BCUT2D eigenvalue weighted by atomic mass is 35.5. The molecule has 0 aromatic carbocycles. The third kappa shape index (κ3) is 3.16. The van der Waals surface area contributed by atoms with Crippen molar-refractivity contribution in [3.63, 3.8) is 0 Å². The number of hydrogen-bond donors (Lipinski definition) is 0. The first kappa shape index (κ1) is 18.2. The minimum Gasteiger partial charge on any atom is -0.381 e. The van der Waals surface area contributed by atoms with Crippen LogP contribution in [0.15, 0.2) is 33.2 Å². The largest absolute Gasteiger partial charge is 0.381 e. The summed E-state index contributed by atoms with van der Waals surface area (Å²) >= 11 is 6.16. The van der Waals surface area contributed by atoms with E-state index in [1.807, 2.05) is 13.2 Å². The molecule has 2 aliphatic carbocycles. The van der Waals surface area contributed by atoms with Crippen molar-refractivity contribution >= 4 is 23.1 Å². The lowest BCUT2D eigenvalue weighted by Crippen LogP contribution is -2.53. The van der Waals surface area contributed by atoms with Crippen LogP contribution in [0.25, 0.3) is 0 Å². The maximum Gasteiger partial charge on any atom is 0.0968 e. The van der Waals surface area contributed by atoms with Gasteiger partial charge in [-0.1, -0.05) is 30.7 Å². The van der Waals surface area contributed by atoms with Gasteiger partial charge in [0.05, 0.1) is 30.6 Å². The van der Waals surface area contributed by atoms with Crippen molar-refractivity contribution in [1.29, 1.82) is 0 Å². The van der Waals surface area contributed by atoms with Gasteiger partial charge in [0.25, 0.3) is 0 Å². The monoisotopic (exact) mass is 375 g/mol. The molecule has 6 atom stereocenters. The number of hydrogen-bond acceptors (Lipinski definition) is 4. The average Bonchev–Trinajstić information content (AvgIpc) is 2.88. The summed E-state index contributed by atoms with van der Waals surface area (Å²) in [5.74, 6) is 2.03. The predicted molar refractivity (Wildman–Crippen MR) is 108 cm³/mol. The van der Waals surface area contributed by atoms with Gasteiger partial charge in [-0.15, -0.1) is 0 Å². The van der Waals surface area contributed by atoms with E-state index in [4.69, 9.17) is 26.3 Å². The third-order valence-corrected chi connectivity index (χ3v) is 6.96. The van der Waals surface area contributed by atoms with E-state index in [9.17, 15) is 0 Å². The summed E-state index contributed by atoms with van der Waals surface area (Å²) in [6, 6.07) is 1.31. The van der Waals surface area contributed by atoms with Crippen molar-refractivity contribution < 1.29 is 4.74 Å². The molecule has 6 unspecified atom stereocenters. The summed E-state index contributed by atoms with van der Waals surface area (Å²) in [7, 11) is 1.85. The van der Waals surface area contributed by atoms with Crippen LogP contribution in [0.2, 0.25) is 0 Å². The lowest BCUT2D eigenvalue weighted by Gasteiger charge is -2.43. The second-order valence-corrected chi connectivity index (χ2v) is 8.46. The minimum absolute atomic E-state index is 0.339. The van der Waals surface area contributed by atoms with Crippen LogP contribution in [-0.2, 0) is 4.74 Å². The van der Waals surface area contributed by atoms with Gasteiger partial charge in [-0.2, -0.15) is 0 Å². The molecule has 0 amide bonds. The maximum absolute atomic E-state index is 6.16. The van der Waals surface area contributed by atoms with E-state index in [2.05, 4.69) is 30.9 Å². The normalized spacial score (nSPS) is 39.5. The second-order valence-electron chi connectivity index (χ2n) is 8.03. The van der Waals surface area contributed by atoms with Crippen LogP contribution in [0.1, 0.15) is 46.0 Å². The van der Waals surface area contributed by atoms with Gasteiger partial charge >= 0.3 is 0 Å². The van der Waals surface area contributed by atoms with Crippen molar-refractivity contribution in [1.82, 2.24) is 4.90 Å². The van der Waals surface area contributed by atoms with Crippen molar-refractivity contribution in [2.45, 2.75) is 70.2 Å². The third-order valence-electron chi connectivity index (χ3n) is 6.68. The summed E-state index contributed by atoms with van der Waals surface area (Å²) in [5.41, 5.74) is 1.37. The molecule has 2 heterocycles. The Bertz CT molecular complexity index is 668. The average molecular weight is 376 g/mol. The quantitative estimate of drug-likeness (QED) is 0.741. The molecule has 5 heteroatoms. The van der Waals surface area contributed by atoms with E-state index in [0.717, 1.165) is 43.7 Å². The molecule has 0 bridgehead atoms. The fourth-order valence-electron chi connectivity index (χ4n) is 5.38. The zero-order chi connectivity index (χ0) is 18.3. The van der Waals surface area contributed by atoms with Crippen LogP contribution in [0, 0.1) is 11.8 Å². The minimum atomic E-state index is 0.339. The summed E-state index contributed by atoms with van der Waals surface area (Å²) in [6.45, 7) is 5.30. The molecule has 4 rings (SSSR count). The van der Waals surface area contributed by atoms with Crippen molar-refractivity contribution in [2.24, 2.45) is 21.8 Å². The Balaban J connectivity index is 1.68. The van der Waals surface area contributed by atoms with Crippen LogP contribution >= 0.6 is 11.6 Å². The standard InChI is InChI=1S/C21H30ClN3O/c1-4-18-20-12-23-21(14-5-7-15(22)8-6-14)17-11-16(26-3)9-10-19(17)25(20)13(2)24-18/h5,7-8,14,16-20H,4,6,9-12H2,1-3H3. The summed E-state index contributed by atoms with van der Waals surface area (Å²) in [5, 5.41) is 0.847. The zero-order valence-corrected chi connectivity index (χ0v) is 16.8. The fourth-order valence-corrected chi connectivity index (χ4v) is 5.54. The van der Waals surface area contributed by atoms with Gasteiger partial charge in [-0.25, -0.2) is 0 Å². The summed E-state index contributed by atoms with van der Waals surface area (Å²) in [4.78, 5) is 12.8. The number of ether oxygens (including phenoxy) is 1. The Kier molecular flexibility index (Phi) is 5.24. The first-order valence-corrected chi connectivity index (χ1v) is 10.4. The first-order valence-electron chi connectivity index (χ1n) is 10.1. The van der Waals surface area contributed by atoms with Gasteiger partial charge in [0.15, 0.2) is 0 Å². The van der Waals surface area contributed by atoms with E-state index < -0.39 is 0 Å². The second kappa shape index (κ2) is 7.47. The summed E-state index contributed by atoms with van der Waals surface area (Å²) < 4.78 is 5.76. The van der Waals surface area contributed by atoms with Crippen molar-refractivity contribution in [3.8, 4) is 0 Å². The molecule has 1 saturated carbocycles. The van der Waals surface area contributed by atoms with Crippen LogP contribution in [0.3, 0.4) is 0 Å². The van der Waals surface area contributed by atoms with Crippen LogP contribution in [0.5, 0.6) is 0 Å². The molecule has 2 aliphatic heterocycles. The Morgan fingerprint density at radius 1 is 1.31 bits per heavy atom. The molecule has 0 radical (unpaired) electrons. The number of rotatable bonds is 3. The van der Waals surface area contributed by atoms with E-state index in [0.29, 0.717) is 36.1 Å². The van der Waals surface area contributed by atoms with Gasteiger partial charge in [0.2, 0.25) is 0 Å². The molecule has 142 valence electrons. The highest BCUT2D eigenvalue weighted by Crippen LogP contribution is 2.40. The van der Waals surface area contributed by atoms with Crippen molar-refractivity contribution in [3.05, 3.63) is 23.3 Å². The Labute approximate surface area is 162 Å². The molecule has 4 nitrogen and oxygen atoms in total. The van der Waals surface area contributed by atoms with E-state index in [-0.39, 0.29) is 0 Å². The molecular formula is C21H30ClN3O. The van der Waals surface area contributed by atoms with Gasteiger partial charge in [-0.05, 0) is 45.1 Å². The fraction of sp³-hybridized carbons (Fsp3) is 0.714. The van der Waals surface area contributed by atoms with E-state index >= 15 is 0 Å². The number of aliphatic imine (C=N–C) groups is 2. The molecule has 0 spiro atoms. The summed E-state index contributed by atoms with van der Waals surface area (Å²) in [6.07, 6.45) is 12.2. The van der Waals surface area contributed by atoms with Gasteiger partial charge in [0, 0.05) is 35.7 Å². The number of amidine groups is 1. The maximum atomic E-state index is 6.16. The number of fused-ring (bicyclic) bond motifs is 3. The Morgan fingerprint density at radius 3 is 2.85 bits per heavy atom. The SMILES string of the molecule is CCC1N=C(C)N2C1CN=C(C1C=CC(Cl)=CC1)C1CC(OC)CCC12. The molecular weight excluding hydrogens is 346 g/mol. The molecule has 26 heavy (non-hydrogen) atoms. The lowest BCUT2D eigenvalue weighted by atomic mass is 9.74. The molecule has 0 aromatic heterocycles. The predicted octanol–water partition coefficient (Wildman–Crippen LogP) is 4.20.